The lowest BCUT2D eigenvalue weighted by Gasteiger charge is -2.18. The summed E-state index contributed by atoms with van der Waals surface area (Å²) in [5, 5.41) is 4.41. The molecule has 1 fully saturated rings. The number of thioether (sulfide) groups is 1. The Bertz CT molecular complexity index is 1080. The van der Waals surface area contributed by atoms with Gasteiger partial charge in [-0.2, -0.15) is 0 Å². The molecular weight excluding hydrogens is 446 g/mol. The molecule has 4 N–H and O–H groups in total. The van der Waals surface area contributed by atoms with Crippen LogP contribution in [0, 0.1) is 0 Å². The lowest BCUT2D eigenvalue weighted by Crippen LogP contribution is -2.48. The van der Waals surface area contributed by atoms with E-state index in [4.69, 9.17) is 15.2 Å². The van der Waals surface area contributed by atoms with Crippen LogP contribution in [0.5, 0.6) is 11.5 Å². The molecule has 0 bridgehead atoms. The average molecular weight is 470 g/mol. The number of carbonyl (C=O) groups excluding carboxylic acids is 4. The second kappa shape index (κ2) is 10.8. The Morgan fingerprint density at radius 3 is 2.21 bits per heavy atom. The molecule has 0 spiro atoms. The minimum atomic E-state index is -0.850. The zero-order valence-electron chi connectivity index (χ0n) is 18.0. The first-order valence-electron chi connectivity index (χ1n) is 10.0. The fraction of sp³-hybridized carbons (Fsp3) is 0.217. The third-order valence-corrected chi connectivity index (χ3v) is 5.45. The molecule has 10 heteroatoms. The van der Waals surface area contributed by atoms with Gasteiger partial charge in [-0.05, 0) is 60.2 Å². The molecular formula is C23H23N3O6S. The number of benzene rings is 2. The SMILES string of the molecule is COC(=O)C(Cc1ccc(Oc2ccc(/C=C3/SC(=O)NC3=O)cc2)cc1)NC(=O)C(C)N. The molecule has 3 rings (SSSR count). The first-order chi connectivity index (χ1) is 15.7. The molecule has 0 aromatic heterocycles. The maximum atomic E-state index is 12.0. The van der Waals surface area contributed by atoms with Crippen molar-refractivity contribution in [3.8, 4) is 11.5 Å². The zero-order chi connectivity index (χ0) is 24.0. The van der Waals surface area contributed by atoms with Crippen LogP contribution in [0.1, 0.15) is 18.1 Å². The summed E-state index contributed by atoms with van der Waals surface area (Å²) in [6.07, 6.45) is 1.87. The summed E-state index contributed by atoms with van der Waals surface area (Å²) in [5.74, 6) is -0.242. The normalized spacial score (nSPS) is 16.2. The van der Waals surface area contributed by atoms with Gasteiger partial charge in [0.2, 0.25) is 5.91 Å². The number of methoxy groups -OCH3 is 1. The molecule has 3 amide bonds. The van der Waals surface area contributed by atoms with Gasteiger partial charge in [0, 0.05) is 6.42 Å². The molecule has 2 atom stereocenters. The maximum Gasteiger partial charge on any atom is 0.328 e. The summed E-state index contributed by atoms with van der Waals surface area (Å²) in [6, 6.07) is 12.5. The van der Waals surface area contributed by atoms with Gasteiger partial charge in [0.25, 0.3) is 11.1 Å². The van der Waals surface area contributed by atoms with Crippen LogP contribution in [-0.2, 0) is 25.5 Å². The van der Waals surface area contributed by atoms with Crippen molar-refractivity contribution in [3.63, 3.8) is 0 Å². The van der Waals surface area contributed by atoms with Crippen molar-refractivity contribution >= 4 is 40.9 Å². The first kappa shape index (κ1) is 24.0. The summed E-state index contributed by atoms with van der Waals surface area (Å²) >= 11 is 0.860. The third-order valence-electron chi connectivity index (χ3n) is 4.63. The van der Waals surface area contributed by atoms with Crippen LogP contribution in [0.2, 0.25) is 0 Å². The van der Waals surface area contributed by atoms with E-state index in [0.29, 0.717) is 16.4 Å². The van der Waals surface area contributed by atoms with E-state index in [1.807, 2.05) is 0 Å². The molecule has 1 aliphatic heterocycles. The lowest BCUT2D eigenvalue weighted by molar-refractivity contribution is -0.145. The van der Waals surface area contributed by atoms with Gasteiger partial charge in [0.05, 0.1) is 18.1 Å². The number of ether oxygens (including phenoxy) is 2. The number of nitrogens with two attached hydrogens (primary N) is 1. The number of hydrogen-bond acceptors (Lipinski definition) is 8. The Morgan fingerprint density at radius 1 is 1.09 bits per heavy atom. The quantitative estimate of drug-likeness (QED) is 0.396. The van der Waals surface area contributed by atoms with Crippen LogP contribution in [0.4, 0.5) is 4.79 Å². The van der Waals surface area contributed by atoms with Crippen LogP contribution < -0.4 is 21.1 Å². The molecule has 172 valence electrons. The standard InChI is InChI=1S/C23H23N3O6S/c1-13(24)20(27)25-18(22(29)31-2)11-14-3-7-16(8-4-14)32-17-9-5-15(6-10-17)12-19-21(28)26-23(30)33-19/h3-10,12-13,18H,11,24H2,1-2H3,(H,25,27)(H,26,28,30)/b19-12+. The smallest absolute Gasteiger partial charge is 0.328 e. The van der Waals surface area contributed by atoms with E-state index in [-0.39, 0.29) is 11.7 Å². The monoisotopic (exact) mass is 469 g/mol. The Morgan fingerprint density at radius 2 is 1.70 bits per heavy atom. The Kier molecular flexibility index (Phi) is 7.86. The molecule has 0 aliphatic carbocycles. The highest BCUT2D eigenvalue weighted by molar-refractivity contribution is 8.18. The highest BCUT2D eigenvalue weighted by Gasteiger charge is 2.25. The van der Waals surface area contributed by atoms with Crippen molar-refractivity contribution in [1.29, 1.82) is 0 Å². The van der Waals surface area contributed by atoms with Crippen LogP contribution >= 0.6 is 11.8 Å². The summed E-state index contributed by atoms with van der Waals surface area (Å²) in [6.45, 7) is 1.53. The molecule has 2 unspecified atom stereocenters. The van der Waals surface area contributed by atoms with Gasteiger partial charge >= 0.3 is 5.97 Å². The Labute approximate surface area is 194 Å². The van der Waals surface area contributed by atoms with E-state index in [1.165, 1.54) is 14.0 Å². The van der Waals surface area contributed by atoms with Gasteiger partial charge < -0.3 is 20.5 Å². The first-order valence-corrected chi connectivity index (χ1v) is 10.8. The predicted octanol–water partition coefficient (Wildman–Crippen LogP) is 2.35. The number of carbonyl (C=O) groups is 4. The average Bonchev–Trinajstić information content (AvgIpc) is 3.11. The van der Waals surface area contributed by atoms with Crippen LogP contribution in [0.25, 0.3) is 6.08 Å². The van der Waals surface area contributed by atoms with E-state index >= 15 is 0 Å². The van der Waals surface area contributed by atoms with Gasteiger partial charge in [-0.25, -0.2) is 4.79 Å². The number of esters is 1. The van der Waals surface area contributed by atoms with E-state index < -0.39 is 29.9 Å². The minimum absolute atomic E-state index is 0.239. The van der Waals surface area contributed by atoms with Gasteiger partial charge in [-0.15, -0.1) is 0 Å². The zero-order valence-corrected chi connectivity index (χ0v) is 18.8. The second-order valence-corrected chi connectivity index (χ2v) is 8.26. The number of rotatable bonds is 8. The molecule has 0 radical (unpaired) electrons. The van der Waals surface area contributed by atoms with Gasteiger partial charge in [0.1, 0.15) is 17.5 Å². The van der Waals surface area contributed by atoms with Crippen LogP contribution in [0.15, 0.2) is 53.4 Å². The highest BCUT2D eigenvalue weighted by Crippen LogP contribution is 2.27. The Hall–Kier alpha value is -3.63. The minimum Gasteiger partial charge on any atom is -0.467 e. The van der Waals surface area contributed by atoms with Gasteiger partial charge in [-0.1, -0.05) is 24.3 Å². The third kappa shape index (κ3) is 6.67. The molecule has 2 aromatic rings. The van der Waals surface area contributed by atoms with Gasteiger partial charge in [-0.3, -0.25) is 19.7 Å². The molecule has 33 heavy (non-hydrogen) atoms. The van der Waals surface area contributed by atoms with Crippen molar-refractivity contribution in [1.82, 2.24) is 10.6 Å². The largest absolute Gasteiger partial charge is 0.467 e. The lowest BCUT2D eigenvalue weighted by atomic mass is 10.1. The number of hydrogen-bond donors (Lipinski definition) is 3. The van der Waals surface area contributed by atoms with E-state index in [2.05, 4.69) is 10.6 Å². The fourth-order valence-electron chi connectivity index (χ4n) is 2.91. The number of amides is 3. The Balaban J connectivity index is 1.62. The van der Waals surface area contributed by atoms with Crippen LogP contribution in [0.3, 0.4) is 0 Å². The summed E-state index contributed by atoms with van der Waals surface area (Å²) < 4.78 is 10.6. The number of nitrogens with one attached hydrogen (secondary N) is 2. The molecule has 1 heterocycles. The topological polar surface area (TPSA) is 137 Å². The molecule has 9 nitrogen and oxygen atoms in total. The molecule has 1 aliphatic rings. The second-order valence-electron chi connectivity index (χ2n) is 7.24. The molecule has 0 saturated carbocycles. The summed E-state index contributed by atoms with van der Waals surface area (Å²) in [4.78, 5) is 47.1. The maximum absolute atomic E-state index is 12.0. The van der Waals surface area contributed by atoms with Crippen molar-refractivity contribution in [2.45, 2.75) is 25.4 Å². The van der Waals surface area contributed by atoms with E-state index in [0.717, 1.165) is 22.9 Å². The van der Waals surface area contributed by atoms with Crippen molar-refractivity contribution in [3.05, 3.63) is 64.6 Å². The summed E-state index contributed by atoms with van der Waals surface area (Å²) in [5.41, 5.74) is 7.11. The van der Waals surface area contributed by atoms with Crippen molar-refractivity contribution in [2.24, 2.45) is 5.73 Å². The van der Waals surface area contributed by atoms with E-state index in [9.17, 15) is 19.2 Å². The highest BCUT2D eigenvalue weighted by atomic mass is 32.2. The predicted molar refractivity (Wildman–Crippen MR) is 123 cm³/mol. The molecule has 2 aromatic carbocycles. The fourth-order valence-corrected chi connectivity index (χ4v) is 3.59. The summed E-state index contributed by atoms with van der Waals surface area (Å²) in [7, 11) is 1.26. The van der Waals surface area contributed by atoms with E-state index in [1.54, 1.807) is 54.6 Å². The molecule has 1 saturated heterocycles. The van der Waals surface area contributed by atoms with Crippen molar-refractivity contribution in [2.75, 3.05) is 7.11 Å². The van der Waals surface area contributed by atoms with Gasteiger partial charge in [0.15, 0.2) is 0 Å². The van der Waals surface area contributed by atoms with Crippen molar-refractivity contribution < 1.29 is 28.7 Å². The van der Waals surface area contributed by atoms with Crippen LogP contribution in [-0.4, -0.2) is 42.2 Å². The number of imide groups is 1.